The Balaban J connectivity index is 2.56. The molecule has 0 bridgehead atoms. The smallest absolute Gasteiger partial charge is 0.0767 e. The number of nitrogens with zero attached hydrogens (tertiary/aromatic N) is 2. The molecule has 1 atom stereocenters. The van der Waals surface area contributed by atoms with Gasteiger partial charge in [0.1, 0.15) is 0 Å². The summed E-state index contributed by atoms with van der Waals surface area (Å²) < 4.78 is 3.00. The molecule has 0 spiro atoms. The molecule has 16 heavy (non-hydrogen) atoms. The van der Waals surface area contributed by atoms with Crippen LogP contribution >= 0.6 is 15.9 Å². The number of aromatic nitrogens is 2. The maximum absolute atomic E-state index is 8.92. The van der Waals surface area contributed by atoms with Crippen molar-refractivity contribution in [3.8, 4) is 0 Å². The zero-order chi connectivity index (χ0) is 12.1. The highest BCUT2D eigenvalue weighted by Crippen LogP contribution is 2.21. The molecule has 1 aromatic rings. The highest BCUT2D eigenvalue weighted by molar-refractivity contribution is 9.10. The van der Waals surface area contributed by atoms with Gasteiger partial charge < -0.3 is 10.4 Å². The lowest BCUT2D eigenvalue weighted by atomic mass is 10.2. The van der Waals surface area contributed by atoms with E-state index in [1.165, 1.54) is 0 Å². The van der Waals surface area contributed by atoms with E-state index in [4.69, 9.17) is 5.11 Å². The van der Waals surface area contributed by atoms with Gasteiger partial charge in [-0.2, -0.15) is 5.10 Å². The Morgan fingerprint density at radius 3 is 2.75 bits per heavy atom. The van der Waals surface area contributed by atoms with Gasteiger partial charge in [0.2, 0.25) is 0 Å². The number of hydrogen-bond donors (Lipinski definition) is 2. The van der Waals surface area contributed by atoms with Crippen LogP contribution in [0.3, 0.4) is 0 Å². The molecular formula is C11H20BrN3O. The second-order valence-electron chi connectivity index (χ2n) is 4.10. The van der Waals surface area contributed by atoms with Crippen LogP contribution in [0.25, 0.3) is 0 Å². The summed E-state index contributed by atoms with van der Waals surface area (Å²) >= 11 is 3.57. The van der Waals surface area contributed by atoms with Crippen LogP contribution in [0.1, 0.15) is 25.2 Å². The normalized spacial score (nSPS) is 13.1. The van der Waals surface area contributed by atoms with Gasteiger partial charge in [0, 0.05) is 26.7 Å². The summed E-state index contributed by atoms with van der Waals surface area (Å²) in [7, 11) is 1.95. The minimum atomic E-state index is 0.222. The second-order valence-corrected chi connectivity index (χ2v) is 4.90. The third kappa shape index (κ3) is 3.30. The van der Waals surface area contributed by atoms with E-state index in [1.54, 1.807) is 0 Å². The zero-order valence-corrected chi connectivity index (χ0v) is 11.7. The number of halogens is 1. The van der Waals surface area contributed by atoms with Crippen molar-refractivity contribution in [3.05, 3.63) is 15.9 Å². The average molecular weight is 290 g/mol. The molecule has 0 aliphatic carbocycles. The van der Waals surface area contributed by atoms with Crippen molar-refractivity contribution in [1.29, 1.82) is 0 Å². The monoisotopic (exact) mass is 289 g/mol. The van der Waals surface area contributed by atoms with E-state index < -0.39 is 0 Å². The van der Waals surface area contributed by atoms with Crippen molar-refractivity contribution < 1.29 is 5.11 Å². The number of aliphatic hydroxyl groups is 1. The molecule has 0 fully saturated rings. The van der Waals surface area contributed by atoms with E-state index in [9.17, 15) is 0 Å². The summed E-state index contributed by atoms with van der Waals surface area (Å²) in [6.45, 7) is 5.92. The quantitative estimate of drug-likeness (QED) is 0.834. The minimum absolute atomic E-state index is 0.222. The number of aryl methyl sites for hydroxylation is 2. The topological polar surface area (TPSA) is 50.1 Å². The Morgan fingerprint density at radius 1 is 1.56 bits per heavy atom. The highest BCUT2D eigenvalue weighted by Gasteiger charge is 2.11. The van der Waals surface area contributed by atoms with Gasteiger partial charge in [0.05, 0.1) is 15.9 Å². The van der Waals surface area contributed by atoms with Crippen LogP contribution in [0.15, 0.2) is 4.47 Å². The van der Waals surface area contributed by atoms with E-state index in [1.807, 2.05) is 18.7 Å². The molecule has 1 unspecified atom stereocenters. The standard InChI is InChI=1S/C11H20BrN3O/c1-4-9-11(12)10(15(3)14-9)6-13-5-8(2)7-16/h8,13,16H,4-7H2,1-3H3. The van der Waals surface area contributed by atoms with Crippen LogP contribution in [0.5, 0.6) is 0 Å². The van der Waals surface area contributed by atoms with Crippen molar-refractivity contribution in [2.75, 3.05) is 13.2 Å². The van der Waals surface area contributed by atoms with Gasteiger partial charge in [0.15, 0.2) is 0 Å². The predicted molar refractivity (Wildman–Crippen MR) is 68.2 cm³/mol. The van der Waals surface area contributed by atoms with Gasteiger partial charge in [-0.15, -0.1) is 0 Å². The average Bonchev–Trinajstić information content (AvgIpc) is 2.55. The molecule has 0 aromatic carbocycles. The first-order valence-corrected chi connectivity index (χ1v) is 6.41. The first kappa shape index (κ1) is 13.7. The van der Waals surface area contributed by atoms with Gasteiger partial charge >= 0.3 is 0 Å². The lowest BCUT2D eigenvalue weighted by Gasteiger charge is -2.09. The number of nitrogens with one attached hydrogen (secondary N) is 1. The fourth-order valence-electron chi connectivity index (χ4n) is 1.51. The number of aliphatic hydroxyl groups excluding tert-OH is 1. The molecule has 2 N–H and O–H groups in total. The predicted octanol–water partition coefficient (Wildman–Crippen LogP) is 1.46. The van der Waals surface area contributed by atoms with E-state index in [-0.39, 0.29) is 12.5 Å². The second kappa shape index (κ2) is 6.37. The van der Waals surface area contributed by atoms with E-state index >= 15 is 0 Å². The van der Waals surface area contributed by atoms with E-state index in [0.717, 1.165) is 35.4 Å². The van der Waals surface area contributed by atoms with Crippen LogP contribution < -0.4 is 5.32 Å². The Hall–Kier alpha value is -0.390. The molecule has 92 valence electrons. The fraction of sp³-hybridized carbons (Fsp3) is 0.727. The largest absolute Gasteiger partial charge is 0.396 e. The van der Waals surface area contributed by atoms with Gasteiger partial charge in [0.25, 0.3) is 0 Å². The van der Waals surface area contributed by atoms with Crippen LogP contribution in [0.2, 0.25) is 0 Å². The van der Waals surface area contributed by atoms with Gasteiger partial charge in [-0.25, -0.2) is 0 Å². The summed E-state index contributed by atoms with van der Waals surface area (Å²) in [5, 5.41) is 16.7. The van der Waals surface area contributed by atoms with Crippen molar-refractivity contribution in [1.82, 2.24) is 15.1 Å². The zero-order valence-electron chi connectivity index (χ0n) is 10.1. The highest BCUT2D eigenvalue weighted by atomic mass is 79.9. The number of hydrogen-bond acceptors (Lipinski definition) is 3. The van der Waals surface area contributed by atoms with Crippen LogP contribution in [0, 0.1) is 5.92 Å². The Kier molecular flexibility index (Phi) is 5.44. The van der Waals surface area contributed by atoms with Crippen LogP contribution in [-0.4, -0.2) is 28.0 Å². The maximum Gasteiger partial charge on any atom is 0.0767 e. The SMILES string of the molecule is CCc1nn(C)c(CNCC(C)CO)c1Br. The van der Waals surface area contributed by atoms with Gasteiger partial charge in [-0.05, 0) is 28.3 Å². The Bertz CT molecular complexity index is 338. The maximum atomic E-state index is 8.92. The summed E-state index contributed by atoms with van der Waals surface area (Å²) in [5.41, 5.74) is 2.25. The molecule has 1 aromatic heterocycles. The molecule has 0 saturated carbocycles. The molecule has 0 amide bonds. The lowest BCUT2D eigenvalue weighted by molar-refractivity contribution is 0.233. The molecule has 1 rings (SSSR count). The molecule has 4 nitrogen and oxygen atoms in total. The molecular weight excluding hydrogens is 270 g/mol. The fourth-order valence-corrected chi connectivity index (χ4v) is 2.27. The van der Waals surface area contributed by atoms with Crippen molar-refractivity contribution in [2.24, 2.45) is 13.0 Å². The summed E-state index contributed by atoms with van der Waals surface area (Å²) in [5.74, 6) is 0.289. The van der Waals surface area contributed by atoms with E-state index in [0.29, 0.717) is 0 Å². The van der Waals surface area contributed by atoms with Gasteiger partial charge in [-0.3, -0.25) is 4.68 Å². The summed E-state index contributed by atoms with van der Waals surface area (Å²) in [6, 6.07) is 0. The third-order valence-corrected chi connectivity index (χ3v) is 3.52. The van der Waals surface area contributed by atoms with Crippen LogP contribution in [0.4, 0.5) is 0 Å². The Labute approximate surface area is 105 Å². The minimum Gasteiger partial charge on any atom is -0.396 e. The summed E-state index contributed by atoms with van der Waals surface area (Å²) in [6.07, 6.45) is 0.932. The first-order valence-electron chi connectivity index (χ1n) is 5.61. The molecule has 5 heteroatoms. The van der Waals surface area contributed by atoms with Crippen molar-refractivity contribution >= 4 is 15.9 Å². The Morgan fingerprint density at radius 2 is 2.25 bits per heavy atom. The molecule has 1 heterocycles. The molecule has 0 aliphatic heterocycles. The lowest BCUT2D eigenvalue weighted by Crippen LogP contribution is -2.24. The van der Waals surface area contributed by atoms with Crippen molar-refractivity contribution in [2.45, 2.75) is 26.8 Å². The number of rotatable bonds is 6. The molecule has 0 saturated heterocycles. The van der Waals surface area contributed by atoms with E-state index in [2.05, 4.69) is 33.3 Å². The van der Waals surface area contributed by atoms with Gasteiger partial charge in [-0.1, -0.05) is 13.8 Å². The molecule has 0 aliphatic rings. The summed E-state index contributed by atoms with van der Waals surface area (Å²) in [4.78, 5) is 0. The van der Waals surface area contributed by atoms with Crippen LogP contribution in [-0.2, 0) is 20.0 Å². The molecule has 0 radical (unpaired) electrons. The van der Waals surface area contributed by atoms with Crippen molar-refractivity contribution in [3.63, 3.8) is 0 Å². The third-order valence-electron chi connectivity index (χ3n) is 2.60. The first-order chi connectivity index (χ1) is 7.60.